The Labute approximate surface area is 96.7 Å². The maximum Gasteiger partial charge on any atom is 0.0101 e. The Morgan fingerprint density at radius 3 is 2.73 bits per heavy atom. The summed E-state index contributed by atoms with van der Waals surface area (Å²) >= 11 is 2.01. The minimum absolute atomic E-state index is 0.934. The SMILES string of the molecule is Cc1ccc(SCCC2CNC2)c(C)c1. The lowest BCUT2D eigenvalue weighted by atomic mass is 10.0. The average Bonchev–Trinajstić information content (AvgIpc) is 2.12. The van der Waals surface area contributed by atoms with E-state index in [1.807, 2.05) is 11.8 Å². The Morgan fingerprint density at radius 1 is 1.33 bits per heavy atom. The average molecular weight is 221 g/mol. The van der Waals surface area contributed by atoms with Crippen LogP contribution in [0.3, 0.4) is 0 Å². The third kappa shape index (κ3) is 2.99. The Hall–Kier alpha value is -0.470. The molecule has 0 amide bonds. The summed E-state index contributed by atoms with van der Waals surface area (Å²) in [5.74, 6) is 2.19. The lowest BCUT2D eigenvalue weighted by Gasteiger charge is -2.26. The normalized spacial score (nSPS) is 16.4. The van der Waals surface area contributed by atoms with Crippen LogP contribution in [0.25, 0.3) is 0 Å². The van der Waals surface area contributed by atoms with E-state index >= 15 is 0 Å². The van der Waals surface area contributed by atoms with Gasteiger partial charge >= 0.3 is 0 Å². The summed E-state index contributed by atoms with van der Waals surface area (Å²) < 4.78 is 0. The van der Waals surface area contributed by atoms with Gasteiger partial charge < -0.3 is 5.32 Å². The van der Waals surface area contributed by atoms with Crippen LogP contribution >= 0.6 is 11.8 Å². The molecule has 82 valence electrons. The minimum Gasteiger partial charge on any atom is -0.316 e. The van der Waals surface area contributed by atoms with Crippen molar-refractivity contribution < 1.29 is 0 Å². The molecule has 2 rings (SSSR count). The second-order valence-electron chi connectivity index (χ2n) is 4.43. The second kappa shape index (κ2) is 5.04. The molecule has 0 aromatic heterocycles. The topological polar surface area (TPSA) is 12.0 Å². The minimum atomic E-state index is 0.934. The predicted molar refractivity (Wildman–Crippen MR) is 67.6 cm³/mol. The molecular formula is C13H19NS. The number of thioether (sulfide) groups is 1. The highest BCUT2D eigenvalue weighted by atomic mass is 32.2. The molecule has 0 aliphatic carbocycles. The molecule has 15 heavy (non-hydrogen) atoms. The molecule has 0 atom stereocenters. The lowest BCUT2D eigenvalue weighted by Crippen LogP contribution is -2.42. The molecule has 0 unspecified atom stereocenters. The monoisotopic (exact) mass is 221 g/mol. The van der Waals surface area contributed by atoms with Crippen LogP contribution in [0.4, 0.5) is 0 Å². The standard InChI is InChI=1S/C13H19NS/c1-10-3-4-13(11(2)7-10)15-6-5-12-8-14-9-12/h3-4,7,12,14H,5-6,8-9H2,1-2H3. The van der Waals surface area contributed by atoms with Crippen molar-refractivity contribution >= 4 is 11.8 Å². The predicted octanol–water partition coefficient (Wildman–Crippen LogP) is 3.01. The van der Waals surface area contributed by atoms with Crippen LogP contribution in [0, 0.1) is 19.8 Å². The van der Waals surface area contributed by atoms with E-state index in [2.05, 4.69) is 37.4 Å². The molecule has 1 heterocycles. The quantitative estimate of drug-likeness (QED) is 0.784. The van der Waals surface area contributed by atoms with Crippen molar-refractivity contribution in [2.45, 2.75) is 25.2 Å². The van der Waals surface area contributed by atoms with Gasteiger partial charge in [0, 0.05) is 4.90 Å². The van der Waals surface area contributed by atoms with Crippen molar-refractivity contribution in [3.05, 3.63) is 29.3 Å². The first kappa shape index (κ1) is 11.0. The van der Waals surface area contributed by atoms with Gasteiger partial charge in [-0.2, -0.15) is 0 Å². The van der Waals surface area contributed by atoms with Crippen LogP contribution in [-0.2, 0) is 0 Å². The molecule has 1 nitrogen and oxygen atoms in total. The van der Waals surface area contributed by atoms with E-state index < -0.39 is 0 Å². The van der Waals surface area contributed by atoms with E-state index in [-0.39, 0.29) is 0 Å². The highest BCUT2D eigenvalue weighted by molar-refractivity contribution is 7.99. The van der Waals surface area contributed by atoms with E-state index in [9.17, 15) is 0 Å². The summed E-state index contributed by atoms with van der Waals surface area (Å²) in [6.07, 6.45) is 1.35. The first-order chi connectivity index (χ1) is 7.25. The molecule has 1 aromatic rings. The Kier molecular flexibility index (Phi) is 3.71. The molecule has 1 aliphatic heterocycles. The highest BCUT2D eigenvalue weighted by Crippen LogP contribution is 2.25. The first-order valence-electron chi connectivity index (χ1n) is 5.66. The number of hydrogen-bond donors (Lipinski definition) is 1. The Morgan fingerprint density at radius 2 is 2.13 bits per heavy atom. The van der Waals surface area contributed by atoms with Gasteiger partial charge in [-0.3, -0.25) is 0 Å². The van der Waals surface area contributed by atoms with Crippen molar-refractivity contribution in [1.82, 2.24) is 5.32 Å². The number of rotatable bonds is 4. The van der Waals surface area contributed by atoms with Crippen molar-refractivity contribution in [3.8, 4) is 0 Å². The van der Waals surface area contributed by atoms with Gasteiger partial charge in [0.15, 0.2) is 0 Å². The van der Waals surface area contributed by atoms with Gasteiger partial charge in [-0.05, 0) is 56.7 Å². The third-order valence-corrected chi connectivity index (χ3v) is 4.19. The first-order valence-corrected chi connectivity index (χ1v) is 6.65. The van der Waals surface area contributed by atoms with Crippen molar-refractivity contribution in [2.24, 2.45) is 5.92 Å². The van der Waals surface area contributed by atoms with Crippen molar-refractivity contribution in [2.75, 3.05) is 18.8 Å². The van der Waals surface area contributed by atoms with E-state index in [0.717, 1.165) is 5.92 Å². The van der Waals surface area contributed by atoms with Gasteiger partial charge in [0.25, 0.3) is 0 Å². The Bertz CT molecular complexity index is 331. The number of benzene rings is 1. The van der Waals surface area contributed by atoms with Crippen LogP contribution < -0.4 is 5.32 Å². The fraction of sp³-hybridized carbons (Fsp3) is 0.538. The maximum absolute atomic E-state index is 3.32. The largest absolute Gasteiger partial charge is 0.316 e. The molecule has 1 N–H and O–H groups in total. The van der Waals surface area contributed by atoms with Gasteiger partial charge in [-0.15, -0.1) is 11.8 Å². The molecule has 0 spiro atoms. The zero-order valence-corrected chi connectivity index (χ0v) is 10.4. The van der Waals surface area contributed by atoms with Crippen molar-refractivity contribution in [1.29, 1.82) is 0 Å². The van der Waals surface area contributed by atoms with Crippen LogP contribution in [0.5, 0.6) is 0 Å². The van der Waals surface area contributed by atoms with E-state index in [1.54, 1.807) is 0 Å². The summed E-state index contributed by atoms with van der Waals surface area (Å²) in [4.78, 5) is 1.45. The van der Waals surface area contributed by atoms with Crippen LogP contribution in [0.2, 0.25) is 0 Å². The number of aryl methyl sites for hydroxylation is 2. The lowest BCUT2D eigenvalue weighted by molar-refractivity contribution is 0.341. The molecule has 0 radical (unpaired) electrons. The van der Waals surface area contributed by atoms with Crippen molar-refractivity contribution in [3.63, 3.8) is 0 Å². The van der Waals surface area contributed by atoms with Gasteiger partial charge in [0.1, 0.15) is 0 Å². The van der Waals surface area contributed by atoms with Crippen LogP contribution in [0.1, 0.15) is 17.5 Å². The zero-order valence-electron chi connectivity index (χ0n) is 9.55. The third-order valence-electron chi connectivity index (χ3n) is 2.98. The van der Waals surface area contributed by atoms with Gasteiger partial charge in [0.2, 0.25) is 0 Å². The van der Waals surface area contributed by atoms with Gasteiger partial charge in [-0.25, -0.2) is 0 Å². The molecule has 1 saturated heterocycles. The molecule has 1 aromatic carbocycles. The van der Waals surface area contributed by atoms with E-state index in [1.165, 1.54) is 41.3 Å². The summed E-state index contributed by atoms with van der Waals surface area (Å²) in [7, 11) is 0. The Balaban J connectivity index is 1.81. The number of nitrogens with one attached hydrogen (secondary N) is 1. The van der Waals surface area contributed by atoms with Crippen LogP contribution in [0.15, 0.2) is 23.1 Å². The number of hydrogen-bond acceptors (Lipinski definition) is 2. The summed E-state index contributed by atoms with van der Waals surface area (Å²) in [5.41, 5.74) is 2.78. The molecule has 2 heteroatoms. The molecular weight excluding hydrogens is 202 g/mol. The second-order valence-corrected chi connectivity index (χ2v) is 5.57. The van der Waals surface area contributed by atoms with E-state index in [0.29, 0.717) is 0 Å². The molecule has 1 fully saturated rings. The maximum atomic E-state index is 3.32. The van der Waals surface area contributed by atoms with E-state index in [4.69, 9.17) is 0 Å². The summed E-state index contributed by atoms with van der Waals surface area (Å²) in [6, 6.07) is 6.74. The summed E-state index contributed by atoms with van der Waals surface area (Å²) in [5, 5.41) is 3.32. The molecule has 0 saturated carbocycles. The van der Waals surface area contributed by atoms with Gasteiger partial charge in [-0.1, -0.05) is 17.7 Å². The fourth-order valence-electron chi connectivity index (χ4n) is 1.85. The smallest absolute Gasteiger partial charge is 0.0101 e. The van der Waals surface area contributed by atoms with Gasteiger partial charge in [0.05, 0.1) is 0 Å². The molecule has 1 aliphatic rings. The fourth-order valence-corrected chi connectivity index (χ4v) is 2.97. The highest BCUT2D eigenvalue weighted by Gasteiger charge is 2.15. The summed E-state index contributed by atoms with van der Waals surface area (Å²) in [6.45, 7) is 6.82. The molecule has 0 bridgehead atoms. The zero-order chi connectivity index (χ0) is 10.7. The van der Waals surface area contributed by atoms with Crippen LogP contribution in [-0.4, -0.2) is 18.8 Å².